The molecule has 0 unspecified atom stereocenters. The van der Waals surface area contributed by atoms with E-state index in [0.717, 1.165) is 18.4 Å². The zero-order valence-electron chi connectivity index (χ0n) is 13.9. The Morgan fingerprint density at radius 2 is 2.22 bits per heavy atom. The Balaban J connectivity index is 1.74. The van der Waals surface area contributed by atoms with Gasteiger partial charge in [-0.2, -0.15) is 0 Å². The SMILES string of the molecule is COc1ncccc1CNC(=O)N[C@H](C)CCc1cccn1C. The number of methoxy groups -OCH3 is 1. The van der Waals surface area contributed by atoms with Crippen molar-refractivity contribution < 1.29 is 9.53 Å². The molecule has 23 heavy (non-hydrogen) atoms. The van der Waals surface area contributed by atoms with Crippen LogP contribution in [0.1, 0.15) is 24.6 Å². The van der Waals surface area contributed by atoms with E-state index in [2.05, 4.69) is 26.3 Å². The number of ether oxygens (including phenoxy) is 1. The number of aromatic nitrogens is 2. The molecule has 0 saturated carbocycles. The molecule has 1 atom stereocenters. The molecule has 0 aliphatic heterocycles. The van der Waals surface area contributed by atoms with Crippen LogP contribution in [0.5, 0.6) is 5.88 Å². The lowest BCUT2D eigenvalue weighted by Gasteiger charge is -2.15. The second-order valence-corrected chi connectivity index (χ2v) is 5.55. The van der Waals surface area contributed by atoms with Crippen molar-refractivity contribution in [3.05, 3.63) is 47.9 Å². The summed E-state index contributed by atoms with van der Waals surface area (Å²) in [6.07, 6.45) is 5.51. The van der Waals surface area contributed by atoms with E-state index in [1.807, 2.05) is 38.4 Å². The average molecular weight is 316 g/mol. The number of hydrogen-bond acceptors (Lipinski definition) is 3. The molecule has 0 fully saturated rings. The summed E-state index contributed by atoms with van der Waals surface area (Å²) >= 11 is 0. The molecule has 0 aliphatic rings. The van der Waals surface area contributed by atoms with Crippen molar-refractivity contribution in [1.29, 1.82) is 0 Å². The van der Waals surface area contributed by atoms with Crippen LogP contribution < -0.4 is 15.4 Å². The number of urea groups is 1. The van der Waals surface area contributed by atoms with Crippen LogP contribution in [0.15, 0.2) is 36.7 Å². The summed E-state index contributed by atoms with van der Waals surface area (Å²) in [5.74, 6) is 0.532. The summed E-state index contributed by atoms with van der Waals surface area (Å²) in [6, 6.07) is 7.74. The highest BCUT2D eigenvalue weighted by Gasteiger charge is 2.09. The van der Waals surface area contributed by atoms with Crippen LogP contribution in [0.25, 0.3) is 0 Å². The van der Waals surface area contributed by atoms with Crippen LogP contribution in [0.3, 0.4) is 0 Å². The largest absolute Gasteiger partial charge is 0.481 e. The summed E-state index contributed by atoms with van der Waals surface area (Å²) in [5.41, 5.74) is 2.11. The van der Waals surface area contributed by atoms with Gasteiger partial charge in [0.2, 0.25) is 5.88 Å². The van der Waals surface area contributed by atoms with Gasteiger partial charge in [-0.05, 0) is 38.0 Å². The lowest BCUT2D eigenvalue weighted by atomic mass is 10.1. The molecule has 2 aromatic rings. The Bertz CT molecular complexity index is 639. The molecule has 0 bridgehead atoms. The number of carbonyl (C=O) groups excluding carboxylic acids is 1. The normalized spacial score (nSPS) is 11.8. The first-order valence-electron chi connectivity index (χ1n) is 7.72. The predicted molar refractivity (Wildman–Crippen MR) is 89.4 cm³/mol. The molecule has 2 aromatic heterocycles. The van der Waals surface area contributed by atoms with E-state index in [4.69, 9.17) is 4.74 Å². The Morgan fingerprint density at radius 3 is 2.91 bits per heavy atom. The predicted octanol–water partition coefficient (Wildman–Crippen LogP) is 2.25. The monoisotopic (exact) mass is 316 g/mol. The van der Waals surface area contributed by atoms with Crippen molar-refractivity contribution >= 4 is 6.03 Å². The number of rotatable bonds is 7. The van der Waals surface area contributed by atoms with E-state index in [1.54, 1.807) is 13.3 Å². The molecule has 0 saturated heterocycles. The number of aryl methyl sites for hydroxylation is 2. The topological polar surface area (TPSA) is 68.2 Å². The lowest BCUT2D eigenvalue weighted by Crippen LogP contribution is -2.40. The first-order chi connectivity index (χ1) is 11.1. The van der Waals surface area contributed by atoms with Crippen LogP contribution in [-0.4, -0.2) is 28.7 Å². The fourth-order valence-corrected chi connectivity index (χ4v) is 2.39. The number of nitrogens with one attached hydrogen (secondary N) is 2. The fraction of sp³-hybridized carbons (Fsp3) is 0.412. The van der Waals surface area contributed by atoms with Crippen LogP contribution in [0.2, 0.25) is 0 Å². The first kappa shape index (κ1) is 16.9. The van der Waals surface area contributed by atoms with Gasteiger partial charge >= 0.3 is 6.03 Å². The summed E-state index contributed by atoms with van der Waals surface area (Å²) in [7, 11) is 3.60. The molecule has 0 aliphatic carbocycles. The highest BCUT2D eigenvalue weighted by Crippen LogP contribution is 2.12. The van der Waals surface area contributed by atoms with Crippen molar-refractivity contribution in [3.63, 3.8) is 0 Å². The zero-order valence-corrected chi connectivity index (χ0v) is 13.9. The van der Waals surface area contributed by atoms with Gasteiger partial charge in [-0.3, -0.25) is 0 Å². The highest BCUT2D eigenvalue weighted by atomic mass is 16.5. The summed E-state index contributed by atoms with van der Waals surface area (Å²) in [5, 5.41) is 5.78. The van der Waals surface area contributed by atoms with Crippen LogP contribution >= 0.6 is 0 Å². The van der Waals surface area contributed by atoms with E-state index >= 15 is 0 Å². The van der Waals surface area contributed by atoms with Gasteiger partial charge in [-0.15, -0.1) is 0 Å². The van der Waals surface area contributed by atoms with Crippen molar-refractivity contribution in [2.45, 2.75) is 32.4 Å². The Kier molecular flexibility index (Phi) is 6.02. The number of carbonyl (C=O) groups is 1. The number of pyridine rings is 1. The Labute approximate surface area is 136 Å². The van der Waals surface area contributed by atoms with E-state index in [9.17, 15) is 4.79 Å². The minimum Gasteiger partial charge on any atom is -0.481 e. The third-order valence-corrected chi connectivity index (χ3v) is 3.75. The minimum atomic E-state index is -0.185. The molecule has 6 heteroatoms. The standard InChI is InChI=1S/C17H24N4O2/c1-13(8-9-15-7-5-11-21(15)2)20-17(22)19-12-14-6-4-10-18-16(14)23-3/h4-7,10-11,13H,8-9,12H2,1-3H3,(H2,19,20,22)/t13-/m1/s1. The minimum absolute atomic E-state index is 0.0979. The average Bonchev–Trinajstić information content (AvgIpc) is 2.96. The second kappa shape index (κ2) is 8.22. The molecule has 2 rings (SSSR count). The third-order valence-electron chi connectivity index (χ3n) is 3.75. The Hall–Kier alpha value is -2.50. The number of amides is 2. The molecule has 6 nitrogen and oxygen atoms in total. The smallest absolute Gasteiger partial charge is 0.315 e. The van der Waals surface area contributed by atoms with Crippen molar-refractivity contribution in [2.24, 2.45) is 7.05 Å². The van der Waals surface area contributed by atoms with Gasteiger partial charge in [0, 0.05) is 43.3 Å². The van der Waals surface area contributed by atoms with Crippen LogP contribution in [0, 0.1) is 0 Å². The molecular weight excluding hydrogens is 292 g/mol. The van der Waals surface area contributed by atoms with Gasteiger partial charge in [0.25, 0.3) is 0 Å². The van der Waals surface area contributed by atoms with Crippen molar-refractivity contribution in [1.82, 2.24) is 20.2 Å². The lowest BCUT2D eigenvalue weighted by molar-refractivity contribution is 0.236. The van der Waals surface area contributed by atoms with Gasteiger partial charge in [0.1, 0.15) is 0 Å². The van der Waals surface area contributed by atoms with Gasteiger partial charge in [0.15, 0.2) is 0 Å². The van der Waals surface area contributed by atoms with E-state index in [1.165, 1.54) is 5.69 Å². The number of hydrogen-bond donors (Lipinski definition) is 2. The van der Waals surface area contributed by atoms with Crippen LogP contribution in [0.4, 0.5) is 4.79 Å². The maximum absolute atomic E-state index is 12.0. The van der Waals surface area contributed by atoms with E-state index in [0.29, 0.717) is 12.4 Å². The first-order valence-corrected chi connectivity index (χ1v) is 7.72. The molecule has 124 valence electrons. The highest BCUT2D eigenvalue weighted by molar-refractivity contribution is 5.74. The van der Waals surface area contributed by atoms with Crippen molar-refractivity contribution in [2.75, 3.05) is 7.11 Å². The third kappa shape index (κ3) is 5.02. The quantitative estimate of drug-likeness (QED) is 0.823. The van der Waals surface area contributed by atoms with E-state index in [-0.39, 0.29) is 12.1 Å². The maximum Gasteiger partial charge on any atom is 0.315 e. The van der Waals surface area contributed by atoms with E-state index < -0.39 is 0 Å². The van der Waals surface area contributed by atoms with Crippen LogP contribution in [-0.2, 0) is 20.0 Å². The fourth-order valence-electron chi connectivity index (χ4n) is 2.39. The summed E-state index contributed by atoms with van der Waals surface area (Å²) < 4.78 is 7.26. The summed E-state index contributed by atoms with van der Waals surface area (Å²) in [4.78, 5) is 16.1. The van der Waals surface area contributed by atoms with Gasteiger partial charge in [0.05, 0.1) is 7.11 Å². The molecule has 0 radical (unpaired) electrons. The number of nitrogens with zero attached hydrogens (tertiary/aromatic N) is 2. The van der Waals surface area contributed by atoms with Gasteiger partial charge < -0.3 is 19.9 Å². The molecule has 2 heterocycles. The molecule has 2 amide bonds. The van der Waals surface area contributed by atoms with Gasteiger partial charge in [-0.1, -0.05) is 6.07 Å². The molecule has 0 spiro atoms. The Morgan fingerprint density at radius 1 is 1.39 bits per heavy atom. The molecule has 0 aromatic carbocycles. The van der Waals surface area contributed by atoms with Crippen molar-refractivity contribution in [3.8, 4) is 5.88 Å². The summed E-state index contributed by atoms with van der Waals surface area (Å²) in [6.45, 7) is 2.39. The zero-order chi connectivity index (χ0) is 16.7. The molecular formula is C17H24N4O2. The van der Waals surface area contributed by atoms with Gasteiger partial charge in [-0.25, -0.2) is 9.78 Å². The second-order valence-electron chi connectivity index (χ2n) is 5.55. The maximum atomic E-state index is 12.0. The molecule has 2 N–H and O–H groups in total.